The fraction of sp³-hybridized carbons (Fsp3) is 0.636. The van der Waals surface area contributed by atoms with Crippen LogP contribution in [0.4, 0.5) is 0 Å². The molecule has 4 heteroatoms. The highest BCUT2D eigenvalue weighted by Crippen LogP contribution is 2.30. The van der Waals surface area contributed by atoms with E-state index < -0.39 is 0 Å². The van der Waals surface area contributed by atoms with Crippen molar-refractivity contribution in [3.8, 4) is 0 Å². The predicted octanol–water partition coefficient (Wildman–Crippen LogP) is 2.15. The fourth-order valence-corrected chi connectivity index (χ4v) is 3.20. The molecule has 1 aromatic rings. The Morgan fingerprint density at radius 1 is 1.40 bits per heavy atom. The Hall–Kier alpha value is -0.610. The summed E-state index contributed by atoms with van der Waals surface area (Å²) < 4.78 is 0. The molecule has 1 saturated carbocycles. The fourth-order valence-electron chi connectivity index (χ4n) is 1.88. The zero-order chi connectivity index (χ0) is 10.5. The Bertz CT molecular complexity index is 285. The highest BCUT2D eigenvalue weighted by atomic mass is 32.2. The highest BCUT2D eigenvalue weighted by Gasteiger charge is 2.17. The number of thioether (sulfide) groups is 1. The van der Waals surface area contributed by atoms with E-state index in [1.54, 1.807) is 18.6 Å². The van der Waals surface area contributed by atoms with Crippen molar-refractivity contribution in [1.29, 1.82) is 0 Å². The summed E-state index contributed by atoms with van der Waals surface area (Å²) in [6.45, 7) is 0. The van der Waals surface area contributed by atoms with Gasteiger partial charge in [0, 0.05) is 29.6 Å². The molecule has 1 heterocycles. The lowest BCUT2D eigenvalue weighted by Gasteiger charge is -2.13. The summed E-state index contributed by atoms with van der Waals surface area (Å²) in [5, 5.41) is 0.827. The highest BCUT2D eigenvalue weighted by molar-refractivity contribution is 7.99. The van der Waals surface area contributed by atoms with Crippen LogP contribution in [0.1, 0.15) is 37.4 Å². The van der Waals surface area contributed by atoms with Crippen LogP contribution in [-0.4, -0.2) is 21.0 Å². The van der Waals surface area contributed by atoms with Gasteiger partial charge in [-0.1, -0.05) is 12.8 Å². The number of hydrogen-bond donors (Lipinski definition) is 1. The average Bonchev–Trinajstić information content (AvgIpc) is 2.80. The van der Waals surface area contributed by atoms with Crippen molar-refractivity contribution >= 4 is 11.8 Å². The van der Waals surface area contributed by atoms with Gasteiger partial charge in [0.05, 0.1) is 11.7 Å². The van der Waals surface area contributed by atoms with E-state index in [1.807, 2.05) is 11.8 Å². The largest absolute Gasteiger partial charge is 0.322 e. The second-order valence-corrected chi connectivity index (χ2v) is 5.31. The normalized spacial score (nSPS) is 19.3. The third-order valence-corrected chi connectivity index (χ3v) is 4.27. The zero-order valence-electron chi connectivity index (χ0n) is 8.80. The van der Waals surface area contributed by atoms with E-state index in [9.17, 15) is 0 Å². The first-order valence-corrected chi connectivity index (χ1v) is 6.54. The van der Waals surface area contributed by atoms with Gasteiger partial charge in [0.2, 0.25) is 0 Å². The minimum atomic E-state index is 0.0318. The number of rotatable bonds is 4. The first kappa shape index (κ1) is 10.9. The van der Waals surface area contributed by atoms with Gasteiger partial charge < -0.3 is 5.73 Å². The van der Waals surface area contributed by atoms with E-state index >= 15 is 0 Å². The SMILES string of the molecule is NC(CSC1CCCC1)c1cnccn1. The second kappa shape index (κ2) is 5.47. The smallest absolute Gasteiger partial charge is 0.0762 e. The molecule has 2 rings (SSSR count). The van der Waals surface area contributed by atoms with Crippen LogP contribution >= 0.6 is 11.8 Å². The molecule has 82 valence electrons. The minimum absolute atomic E-state index is 0.0318. The van der Waals surface area contributed by atoms with Crippen LogP contribution in [-0.2, 0) is 0 Å². The maximum Gasteiger partial charge on any atom is 0.0762 e. The van der Waals surface area contributed by atoms with E-state index in [4.69, 9.17) is 5.73 Å². The molecular formula is C11H17N3S. The van der Waals surface area contributed by atoms with Crippen LogP contribution in [0.2, 0.25) is 0 Å². The Morgan fingerprint density at radius 3 is 2.87 bits per heavy atom. The van der Waals surface area contributed by atoms with Gasteiger partial charge in [0.25, 0.3) is 0 Å². The van der Waals surface area contributed by atoms with E-state index in [0.29, 0.717) is 0 Å². The van der Waals surface area contributed by atoms with Crippen molar-refractivity contribution in [3.63, 3.8) is 0 Å². The van der Waals surface area contributed by atoms with E-state index in [0.717, 1.165) is 16.7 Å². The van der Waals surface area contributed by atoms with Gasteiger partial charge in [-0.05, 0) is 12.8 Å². The molecule has 0 bridgehead atoms. The standard InChI is InChI=1S/C11H17N3S/c12-10(11-7-13-5-6-14-11)8-15-9-3-1-2-4-9/h5-7,9-10H,1-4,8,12H2. The molecule has 0 saturated heterocycles. The lowest BCUT2D eigenvalue weighted by molar-refractivity contribution is 0.777. The van der Waals surface area contributed by atoms with Gasteiger partial charge >= 0.3 is 0 Å². The predicted molar refractivity (Wildman–Crippen MR) is 63.7 cm³/mol. The molecule has 1 aliphatic carbocycles. The van der Waals surface area contributed by atoms with E-state index in [2.05, 4.69) is 9.97 Å². The van der Waals surface area contributed by atoms with Crippen LogP contribution in [0.3, 0.4) is 0 Å². The van der Waals surface area contributed by atoms with Crippen molar-refractivity contribution < 1.29 is 0 Å². The summed E-state index contributed by atoms with van der Waals surface area (Å²) in [5.41, 5.74) is 6.96. The van der Waals surface area contributed by atoms with Crippen LogP contribution in [0, 0.1) is 0 Å². The van der Waals surface area contributed by atoms with Gasteiger partial charge in [-0.3, -0.25) is 9.97 Å². The number of nitrogens with zero attached hydrogens (tertiary/aromatic N) is 2. The second-order valence-electron chi connectivity index (χ2n) is 3.98. The number of hydrogen-bond acceptors (Lipinski definition) is 4. The third-order valence-electron chi connectivity index (χ3n) is 2.78. The molecule has 0 aliphatic heterocycles. The minimum Gasteiger partial charge on any atom is -0.322 e. The maximum absolute atomic E-state index is 6.05. The molecular weight excluding hydrogens is 206 g/mol. The van der Waals surface area contributed by atoms with Gasteiger partial charge in [-0.25, -0.2) is 0 Å². The zero-order valence-corrected chi connectivity index (χ0v) is 9.62. The number of aromatic nitrogens is 2. The molecule has 1 aromatic heterocycles. The third kappa shape index (κ3) is 3.18. The molecule has 1 fully saturated rings. The summed E-state index contributed by atoms with van der Waals surface area (Å²) in [5.74, 6) is 0.962. The number of nitrogens with two attached hydrogens (primary N) is 1. The van der Waals surface area contributed by atoms with Crippen LogP contribution in [0.25, 0.3) is 0 Å². The van der Waals surface area contributed by atoms with Gasteiger partial charge in [0.1, 0.15) is 0 Å². The van der Waals surface area contributed by atoms with Crippen molar-refractivity contribution in [2.45, 2.75) is 37.0 Å². The summed E-state index contributed by atoms with van der Waals surface area (Å²) in [4.78, 5) is 8.26. The molecule has 0 amide bonds. The Morgan fingerprint density at radius 2 is 2.20 bits per heavy atom. The Kier molecular flexibility index (Phi) is 3.97. The van der Waals surface area contributed by atoms with Gasteiger partial charge in [-0.2, -0.15) is 11.8 Å². The topological polar surface area (TPSA) is 51.8 Å². The molecule has 0 spiro atoms. The molecule has 3 nitrogen and oxygen atoms in total. The molecule has 15 heavy (non-hydrogen) atoms. The maximum atomic E-state index is 6.05. The average molecular weight is 223 g/mol. The molecule has 0 aromatic carbocycles. The summed E-state index contributed by atoms with van der Waals surface area (Å²) in [6, 6.07) is 0.0318. The van der Waals surface area contributed by atoms with Crippen LogP contribution in [0.5, 0.6) is 0 Å². The molecule has 1 aliphatic rings. The van der Waals surface area contributed by atoms with Crippen molar-refractivity contribution in [2.24, 2.45) is 5.73 Å². The van der Waals surface area contributed by atoms with Gasteiger partial charge in [0.15, 0.2) is 0 Å². The first-order valence-electron chi connectivity index (χ1n) is 5.49. The summed E-state index contributed by atoms with van der Waals surface area (Å²) >= 11 is 1.99. The monoisotopic (exact) mass is 223 g/mol. The lowest BCUT2D eigenvalue weighted by Crippen LogP contribution is -2.16. The lowest BCUT2D eigenvalue weighted by atomic mass is 10.3. The summed E-state index contributed by atoms with van der Waals surface area (Å²) in [7, 11) is 0. The molecule has 1 atom stereocenters. The van der Waals surface area contributed by atoms with Crippen LogP contribution < -0.4 is 5.73 Å². The molecule has 0 radical (unpaired) electrons. The molecule has 1 unspecified atom stereocenters. The summed E-state index contributed by atoms with van der Waals surface area (Å²) in [6.07, 6.45) is 10.6. The van der Waals surface area contributed by atoms with Gasteiger partial charge in [-0.15, -0.1) is 0 Å². The first-order chi connectivity index (χ1) is 7.36. The quantitative estimate of drug-likeness (QED) is 0.849. The van der Waals surface area contributed by atoms with Crippen molar-refractivity contribution in [3.05, 3.63) is 24.3 Å². The van der Waals surface area contributed by atoms with Crippen molar-refractivity contribution in [2.75, 3.05) is 5.75 Å². The van der Waals surface area contributed by atoms with Crippen molar-refractivity contribution in [1.82, 2.24) is 9.97 Å². The van der Waals surface area contributed by atoms with E-state index in [-0.39, 0.29) is 6.04 Å². The van der Waals surface area contributed by atoms with E-state index in [1.165, 1.54) is 25.7 Å². The Balaban J connectivity index is 1.79. The molecule has 2 N–H and O–H groups in total. The Labute approximate surface area is 94.9 Å². The van der Waals surface area contributed by atoms with Crippen LogP contribution in [0.15, 0.2) is 18.6 Å².